The maximum Gasteiger partial charge on any atom is 0.229 e. The van der Waals surface area contributed by atoms with E-state index in [1.54, 1.807) is 0 Å². The van der Waals surface area contributed by atoms with Gasteiger partial charge >= 0.3 is 0 Å². The molecule has 25 heavy (non-hydrogen) atoms. The van der Waals surface area contributed by atoms with Crippen molar-refractivity contribution in [3.8, 4) is 0 Å². The van der Waals surface area contributed by atoms with E-state index in [1.807, 2.05) is 31.2 Å². The highest BCUT2D eigenvalue weighted by Gasteiger charge is 2.08. The summed E-state index contributed by atoms with van der Waals surface area (Å²) in [6.45, 7) is 8.42. The van der Waals surface area contributed by atoms with Crippen molar-refractivity contribution in [2.75, 3.05) is 10.6 Å². The number of hydrogen-bond donors (Lipinski definition) is 2. The molecule has 0 atom stereocenters. The third kappa shape index (κ3) is 4.35. The molecular formula is C21H24N4. The van der Waals surface area contributed by atoms with Gasteiger partial charge in [0.15, 0.2) is 0 Å². The lowest BCUT2D eigenvalue weighted by molar-refractivity contribution is 0.868. The van der Waals surface area contributed by atoms with Gasteiger partial charge in [0.1, 0.15) is 5.82 Å². The van der Waals surface area contributed by atoms with Crippen LogP contribution in [0.5, 0.6) is 0 Å². The molecule has 3 rings (SSSR count). The second kappa shape index (κ2) is 7.34. The van der Waals surface area contributed by atoms with Crippen LogP contribution in [0.4, 0.5) is 23.1 Å². The molecule has 0 saturated carbocycles. The van der Waals surface area contributed by atoms with Crippen molar-refractivity contribution in [3.05, 3.63) is 71.4 Å². The summed E-state index contributed by atoms with van der Waals surface area (Å²) < 4.78 is 0. The predicted molar refractivity (Wildman–Crippen MR) is 105 cm³/mol. The van der Waals surface area contributed by atoms with E-state index in [0.29, 0.717) is 11.9 Å². The van der Waals surface area contributed by atoms with Gasteiger partial charge in [0, 0.05) is 23.1 Å². The molecule has 0 radical (unpaired) electrons. The molecule has 0 aliphatic carbocycles. The molecule has 2 aromatic carbocycles. The van der Waals surface area contributed by atoms with E-state index < -0.39 is 0 Å². The van der Waals surface area contributed by atoms with E-state index in [2.05, 4.69) is 71.7 Å². The summed E-state index contributed by atoms with van der Waals surface area (Å²) in [5.41, 5.74) is 5.45. The predicted octanol–water partition coefficient (Wildman–Crippen LogP) is 5.70. The summed E-state index contributed by atoms with van der Waals surface area (Å²) in [6.07, 6.45) is 0. The van der Waals surface area contributed by atoms with Gasteiger partial charge in [-0.05, 0) is 43.5 Å². The first-order valence-electron chi connectivity index (χ1n) is 8.56. The molecule has 0 aliphatic rings. The average Bonchev–Trinajstić information content (AvgIpc) is 2.57. The van der Waals surface area contributed by atoms with Crippen molar-refractivity contribution in [1.29, 1.82) is 0 Å². The number of nitrogens with zero attached hydrogens (tertiary/aromatic N) is 2. The van der Waals surface area contributed by atoms with Crippen molar-refractivity contribution in [2.24, 2.45) is 0 Å². The van der Waals surface area contributed by atoms with Gasteiger partial charge in [-0.1, -0.05) is 49.7 Å². The van der Waals surface area contributed by atoms with Crippen molar-refractivity contribution in [3.63, 3.8) is 0 Å². The van der Waals surface area contributed by atoms with Gasteiger partial charge in [0.25, 0.3) is 0 Å². The van der Waals surface area contributed by atoms with Gasteiger partial charge in [0.2, 0.25) is 5.95 Å². The maximum absolute atomic E-state index is 4.61. The lowest BCUT2D eigenvalue weighted by Gasteiger charge is -2.14. The van der Waals surface area contributed by atoms with E-state index in [1.165, 1.54) is 11.1 Å². The number of aryl methyl sites for hydroxylation is 2. The maximum atomic E-state index is 4.61. The fraction of sp³-hybridized carbons (Fsp3) is 0.238. The summed E-state index contributed by atoms with van der Waals surface area (Å²) in [4.78, 5) is 9.14. The van der Waals surface area contributed by atoms with Crippen molar-refractivity contribution < 1.29 is 0 Å². The summed E-state index contributed by atoms with van der Waals surface area (Å²) in [5, 5.41) is 6.71. The highest BCUT2D eigenvalue weighted by molar-refractivity contribution is 5.62. The zero-order valence-electron chi connectivity index (χ0n) is 15.2. The van der Waals surface area contributed by atoms with Gasteiger partial charge in [-0.2, -0.15) is 4.98 Å². The van der Waals surface area contributed by atoms with E-state index in [0.717, 1.165) is 22.9 Å². The molecule has 0 spiro atoms. The van der Waals surface area contributed by atoms with Crippen LogP contribution in [0.15, 0.2) is 54.6 Å². The zero-order chi connectivity index (χ0) is 17.8. The lowest BCUT2D eigenvalue weighted by atomic mass is 10.0. The summed E-state index contributed by atoms with van der Waals surface area (Å²) >= 11 is 0. The van der Waals surface area contributed by atoms with Crippen LogP contribution in [-0.4, -0.2) is 9.97 Å². The first kappa shape index (κ1) is 17.0. The Morgan fingerprint density at radius 1 is 0.840 bits per heavy atom. The highest BCUT2D eigenvalue weighted by Crippen LogP contribution is 2.26. The number of rotatable bonds is 5. The summed E-state index contributed by atoms with van der Waals surface area (Å²) in [7, 11) is 0. The number of hydrogen-bond acceptors (Lipinski definition) is 4. The Balaban J connectivity index is 1.86. The minimum Gasteiger partial charge on any atom is -0.340 e. The number of nitrogens with one attached hydrogen (secondary N) is 2. The van der Waals surface area contributed by atoms with Crippen molar-refractivity contribution in [2.45, 2.75) is 33.6 Å². The monoisotopic (exact) mass is 332 g/mol. The van der Waals surface area contributed by atoms with Crippen molar-refractivity contribution in [1.82, 2.24) is 9.97 Å². The van der Waals surface area contributed by atoms with Crippen LogP contribution in [0, 0.1) is 13.8 Å². The quantitative estimate of drug-likeness (QED) is 0.629. The van der Waals surface area contributed by atoms with Gasteiger partial charge < -0.3 is 10.6 Å². The normalized spacial score (nSPS) is 10.8. The molecule has 4 heteroatoms. The van der Waals surface area contributed by atoms with E-state index in [4.69, 9.17) is 0 Å². The van der Waals surface area contributed by atoms with Gasteiger partial charge in [0.05, 0.1) is 0 Å². The van der Waals surface area contributed by atoms with Gasteiger partial charge in [-0.15, -0.1) is 0 Å². The van der Waals surface area contributed by atoms with Crippen molar-refractivity contribution >= 4 is 23.1 Å². The molecule has 1 heterocycles. The average molecular weight is 332 g/mol. The number of para-hydroxylation sites is 1. The van der Waals surface area contributed by atoms with E-state index >= 15 is 0 Å². The topological polar surface area (TPSA) is 49.8 Å². The fourth-order valence-electron chi connectivity index (χ4n) is 2.71. The molecule has 1 aromatic heterocycles. The Morgan fingerprint density at radius 2 is 1.56 bits per heavy atom. The highest BCUT2D eigenvalue weighted by atomic mass is 15.1. The second-order valence-electron chi connectivity index (χ2n) is 6.58. The first-order chi connectivity index (χ1) is 12.0. The summed E-state index contributed by atoms with van der Waals surface area (Å²) in [6, 6.07) is 18.5. The lowest BCUT2D eigenvalue weighted by Crippen LogP contribution is -2.04. The standard InChI is InChI=1S/C21H24N4/c1-14(2)18-7-5-6-8-19(18)24-21-22-16(4)13-20(25-21)23-17-11-9-15(3)10-12-17/h5-14H,1-4H3,(H2,22,23,24,25). The molecule has 0 bridgehead atoms. The third-order valence-electron chi connectivity index (χ3n) is 4.01. The van der Waals surface area contributed by atoms with E-state index in [-0.39, 0.29) is 0 Å². The second-order valence-corrected chi connectivity index (χ2v) is 6.58. The number of aromatic nitrogens is 2. The Kier molecular flexibility index (Phi) is 4.98. The molecule has 0 aliphatic heterocycles. The molecule has 3 aromatic rings. The Hall–Kier alpha value is -2.88. The molecule has 0 saturated heterocycles. The van der Waals surface area contributed by atoms with Gasteiger partial charge in [-0.3, -0.25) is 0 Å². The van der Waals surface area contributed by atoms with Crippen LogP contribution in [0.25, 0.3) is 0 Å². The minimum atomic E-state index is 0.429. The van der Waals surface area contributed by atoms with E-state index in [9.17, 15) is 0 Å². The Labute approximate surface area is 149 Å². The molecule has 128 valence electrons. The largest absolute Gasteiger partial charge is 0.340 e. The van der Waals surface area contributed by atoms with Gasteiger partial charge in [-0.25, -0.2) is 4.98 Å². The molecular weight excluding hydrogens is 308 g/mol. The third-order valence-corrected chi connectivity index (χ3v) is 4.01. The van der Waals surface area contributed by atoms with Crippen LogP contribution in [0.2, 0.25) is 0 Å². The number of anilines is 4. The minimum absolute atomic E-state index is 0.429. The zero-order valence-corrected chi connectivity index (χ0v) is 15.2. The molecule has 2 N–H and O–H groups in total. The van der Waals surface area contributed by atoms with Crippen LogP contribution >= 0.6 is 0 Å². The van der Waals surface area contributed by atoms with Crippen LogP contribution < -0.4 is 10.6 Å². The summed E-state index contributed by atoms with van der Waals surface area (Å²) in [5.74, 6) is 1.81. The first-order valence-corrected chi connectivity index (χ1v) is 8.56. The molecule has 0 amide bonds. The number of benzene rings is 2. The SMILES string of the molecule is Cc1ccc(Nc2cc(C)nc(Nc3ccccc3C(C)C)n2)cc1. The molecule has 0 unspecified atom stereocenters. The Morgan fingerprint density at radius 3 is 2.28 bits per heavy atom. The molecule has 4 nitrogen and oxygen atoms in total. The fourth-order valence-corrected chi connectivity index (χ4v) is 2.71. The Bertz CT molecular complexity index is 854. The van der Waals surface area contributed by atoms with Crippen LogP contribution in [0.1, 0.15) is 36.6 Å². The molecule has 0 fully saturated rings. The van der Waals surface area contributed by atoms with Crippen LogP contribution in [0.3, 0.4) is 0 Å². The smallest absolute Gasteiger partial charge is 0.229 e. The van der Waals surface area contributed by atoms with Crippen LogP contribution in [-0.2, 0) is 0 Å².